The maximum absolute atomic E-state index is 13.2. The second-order valence-electron chi connectivity index (χ2n) is 7.66. The van der Waals surface area contributed by atoms with Gasteiger partial charge in [0.2, 0.25) is 5.43 Å². The van der Waals surface area contributed by atoms with E-state index in [-0.39, 0.29) is 23.2 Å². The minimum absolute atomic E-state index is 0.103. The van der Waals surface area contributed by atoms with Gasteiger partial charge in [0.15, 0.2) is 11.4 Å². The average molecular weight is 381 g/mol. The number of carbonyl (C=O) groups is 1. The molecule has 148 valence electrons. The van der Waals surface area contributed by atoms with Crippen molar-refractivity contribution in [3.05, 3.63) is 64.1 Å². The zero-order valence-electron chi connectivity index (χ0n) is 16.5. The van der Waals surface area contributed by atoms with Crippen molar-refractivity contribution >= 4 is 5.91 Å². The number of hydrogen-bond donors (Lipinski definition) is 1. The molecule has 1 amide bonds. The van der Waals surface area contributed by atoms with Crippen LogP contribution in [-0.4, -0.2) is 38.7 Å². The Hall–Kier alpha value is -2.60. The Labute approximate surface area is 165 Å². The minimum Gasteiger partial charge on any atom is -0.503 e. The molecular formula is C22H27N3O3. The lowest BCUT2D eigenvalue weighted by Gasteiger charge is -2.52. The Morgan fingerprint density at radius 3 is 2.32 bits per heavy atom. The first-order valence-electron chi connectivity index (χ1n) is 10.1. The van der Waals surface area contributed by atoms with Gasteiger partial charge in [-0.1, -0.05) is 50.1 Å². The highest BCUT2D eigenvalue weighted by atomic mass is 16.3. The summed E-state index contributed by atoms with van der Waals surface area (Å²) in [5.74, 6) is -0.773. The largest absolute Gasteiger partial charge is 0.503 e. The molecule has 2 aromatic rings. The first-order chi connectivity index (χ1) is 13.5. The van der Waals surface area contributed by atoms with Crippen molar-refractivity contribution in [3.63, 3.8) is 0 Å². The van der Waals surface area contributed by atoms with Crippen molar-refractivity contribution in [2.75, 3.05) is 13.1 Å². The van der Waals surface area contributed by atoms with Crippen LogP contribution in [-0.2, 0) is 5.41 Å². The Morgan fingerprint density at radius 1 is 1.04 bits per heavy atom. The zero-order chi connectivity index (χ0) is 19.9. The number of rotatable bonds is 4. The molecule has 0 bridgehead atoms. The second kappa shape index (κ2) is 7.09. The molecule has 0 saturated heterocycles. The van der Waals surface area contributed by atoms with Crippen LogP contribution >= 0.6 is 0 Å². The summed E-state index contributed by atoms with van der Waals surface area (Å²) < 4.78 is 1.84. The molecule has 6 nitrogen and oxygen atoms in total. The van der Waals surface area contributed by atoms with Crippen LogP contribution in [0.2, 0.25) is 0 Å². The summed E-state index contributed by atoms with van der Waals surface area (Å²) in [4.78, 5) is 25.3. The predicted octanol–water partition coefficient (Wildman–Crippen LogP) is 3.28. The van der Waals surface area contributed by atoms with Crippen LogP contribution in [0.4, 0.5) is 0 Å². The molecular weight excluding hydrogens is 354 g/mol. The van der Waals surface area contributed by atoms with Crippen LogP contribution in [0.1, 0.15) is 61.7 Å². The number of hydrogen-bond acceptors (Lipinski definition) is 4. The molecule has 1 unspecified atom stereocenters. The molecule has 0 radical (unpaired) electrons. The number of likely N-dealkylation sites (N-methyl/N-ethyl adjacent to an activating group) is 1. The molecule has 1 fully saturated rings. The SMILES string of the molecule is CCN1C(=O)c2c(O)c(=O)ccn2C(C2(c3ccccc3)CCCC2)N1CC. The van der Waals surface area contributed by atoms with E-state index in [4.69, 9.17) is 0 Å². The van der Waals surface area contributed by atoms with Crippen LogP contribution in [0, 0.1) is 0 Å². The maximum Gasteiger partial charge on any atom is 0.288 e. The minimum atomic E-state index is -0.514. The number of pyridine rings is 1. The lowest BCUT2D eigenvalue weighted by Crippen LogP contribution is -2.60. The summed E-state index contributed by atoms with van der Waals surface area (Å²) in [6.45, 7) is 5.11. The third-order valence-corrected chi connectivity index (χ3v) is 6.36. The van der Waals surface area contributed by atoms with Gasteiger partial charge in [-0.3, -0.25) is 14.6 Å². The van der Waals surface area contributed by atoms with Gasteiger partial charge in [-0.15, -0.1) is 0 Å². The molecule has 0 spiro atoms. The summed E-state index contributed by atoms with van der Waals surface area (Å²) >= 11 is 0. The van der Waals surface area contributed by atoms with Crippen molar-refractivity contribution < 1.29 is 9.90 Å². The van der Waals surface area contributed by atoms with E-state index in [1.165, 1.54) is 11.6 Å². The van der Waals surface area contributed by atoms with Crippen molar-refractivity contribution in [2.24, 2.45) is 0 Å². The van der Waals surface area contributed by atoms with E-state index in [1.807, 2.05) is 24.5 Å². The molecule has 6 heteroatoms. The fraction of sp³-hybridized carbons (Fsp3) is 0.455. The molecule has 1 atom stereocenters. The molecule has 1 N–H and O–H groups in total. The van der Waals surface area contributed by atoms with Crippen LogP contribution in [0.3, 0.4) is 0 Å². The normalized spacial score (nSPS) is 21.7. The summed E-state index contributed by atoms with van der Waals surface area (Å²) in [7, 11) is 0. The van der Waals surface area contributed by atoms with Gasteiger partial charge in [0.1, 0.15) is 6.17 Å². The van der Waals surface area contributed by atoms with E-state index in [2.05, 4.69) is 29.3 Å². The van der Waals surface area contributed by atoms with E-state index in [0.29, 0.717) is 13.1 Å². The number of fused-ring (bicyclic) bond motifs is 1. The number of carbonyl (C=O) groups excluding carboxylic acids is 1. The van der Waals surface area contributed by atoms with E-state index in [0.717, 1.165) is 25.7 Å². The molecule has 1 aliphatic carbocycles. The number of amides is 1. The molecule has 1 aromatic heterocycles. The van der Waals surface area contributed by atoms with Crippen molar-refractivity contribution in [1.29, 1.82) is 0 Å². The molecule has 4 rings (SSSR count). The van der Waals surface area contributed by atoms with Crippen molar-refractivity contribution in [3.8, 4) is 5.75 Å². The molecule has 1 saturated carbocycles. The van der Waals surface area contributed by atoms with Gasteiger partial charge in [0, 0.05) is 30.8 Å². The fourth-order valence-electron chi connectivity index (χ4n) is 5.16. The Morgan fingerprint density at radius 2 is 1.71 bits per heavy atom. The van der Waals surface area contributed by atoms with Gasteiger partial charge in [-0.2, -0.15) is 5.01 Å². The topological polar surface area (TPSA) is 65.8 Å². The van der Waals surface area contributed by atoms with Gasteiger partial charge in [0.05, 0.1) is 0 Å². The number of benzene rings is 1. The molecule has 1 aromatic carbocycles. The van der Waals surface area contributed by atoms with Gasteiger partial charge < -0.3 is 9.67 Å². The molecule has 2 aliphatic rings. The van der Waals surface area contributed by atoms with Gasteiger partial charge in [-0.25, -0.2) is 0 Å². The smallest absolute Gasteiger partial charge is 0.288 e. The molecule has 2 heterocycles. The van der Waals surface area contributed by atoms with Crippen LogP contribution < -0.4 is 5.43 Å². The highest BCUT2D eigenvalue weighted by Crippen LogP contribution is 2.52. The van der Waals surface area contributed by atoms with Gasteiger partial charge in [-0.05, 0) is 25.3 Å². The van der Waals surface area contributed by atoms with Crippen molar-refractivity contribution in [2.45, 2.75) is 51.1 Å². The van der Waals surface area contributed by atoms with Crippen molar-refractivity contribution in [1.82, 2.24) is 14.6 Å². The molecule has 28 heavy (non-hydrogen) atoms. The van der Waals surface area contributed by atoms with E-state index in [9.17, 15) is 14.7 Å². The monoisotopic (exact) mass is 381 g/mol. The Bertz CT molecular complexity index is 932. The summed E-state index contributed by atoms with van der Waals surface area (Å²) in [6, 6.07) is 11.8. The maximum atomic E-state index is 13.2. The van der Waals surface area contributed by atoms with E-state index in [1.54, 1.807) is 11.2 Å². The van der Waals surface area contributed by atoms with E-state index < -0.39 is 11.2 Å². The first-order valence-corrected chi connectivity index (χ1v) is 10.1. The second-order valence-corrected chi connectivity index (χ2v) is 7.66. The van der Waals surface area contributed by atoms with Crippen LogP contribution in [0.5, 0.6) is 5.75 Å². The number of hydrazine groups is 1. The third kappa shape index (κ3) is 2.58. The third-order valence-electron chi connectivity index (χ3n) is 6.36. The summed E-state index contributed by atoms with van der Waals surface area (Å²) in [6.07, 6.45) is 5.72. The van der Waals surface area contributed by atoms with Crippen LogP contribution in [0.15, 0.2) is 47.4 Å². The average Bonchev–Trinajstić information content (AvgIpc) is 3.21. The lowest BCUT2D eigenvalue weighted by atomic mass is 9.75. The first kappa shape index (κ1) is 18.7. The Kier molecular flexibility index (Phi) is 4.75. The summed E-state index contributed by atoms with van der Waals surface area (Å²) in [5.41, 5.74) is 0.637. The fourth-order valence-corrected chi connectivity index (χ4v) is 5.16. The highest BCUT2D eigenvalue weighted by molar-refractivity contribution is 5.95. The highest BCUT2D eigenvalue weighted by Gasteiger charge is 2.51. The number of aromatic hydroxyl groups is 1. The Balaban J connectivity index is 2.01. The number of aromatic nitrogens is 1. The number of nitrogens with zero attached hydrogens (tertiary/aromatic N) is 3. The lowest BCUT2D eigenvalue weighted by molar-refractivity contribution is -0.0994. The predicted molar refractivity (Wildman–Crippen MR) is 107 cm³/mol. The summed E-state index contributed by atoms with van der Waals surface area (Å²) in [5, 5.41) is 14.3. The zero-order valence-corrected chi connectivity index (χ0v) is 16.5. The van der Waals surface area contributed by atoms with E-state index >= 15 is 0 Å². The van der Waals surface area contributed by atoms with Gasteiger partial charge >= 0.3 is 0 Å². The quantitative estimate of drug-likeness (QED) is 0.883. The molecule has 1 aliphatic heterocycles. The van der Waals surface area contributed by atoms with Gasteiger partial charge in [0.25, 0.3) is 5.91 Å². The standard InChI is InChI=1S/C22H27N3O3/c1-3-24-20(28)18-19(27)17(26)12-15-23(18)21(25(24)4-2)22(13-8-9-14-22)16-10-6-5-7-11-16/h5-7,10-12,15,21,27H,3-4,8-9,13-14H2,1-2H3. The van der Waals surface area contributed by atoms with Crippen LogP contribution in [0.25, 0.3) is 0 Å².